The molecule has 0 radical (unpaired) electrons. The van der Waals surface area contributed by atoms with Crippen molar-refractivity contribution in [2.75, 3.05) is 12.3 Å². The Kier molecular flexibility index (Phi) is 5.04. The van der Waals surface area contributed by atoms with Gasteiger partial charge in [0.1, 0.15) is 0 Å². The second-order valence-corrected chi connectivity index (χ2v) is 5.00. The Labute approximate surface area is 90.1 Å². The fraction of sp³-hybridized carbons (Fsp3) is 0.700. The Morgan fingerprint density at radius 2 is 2.43 bits per heavy atom. The van der Waals surface area contributed by atoms with Crippen LogP contribution in [0.25, 0.3) is 0 Å². The van der Waals surface area contributed by atoms with Crippen LogP contribution in [0, 0.1) is 0 Å². The molecular formula is C10H19N3S. The molecule has 80 valence electrons. The van der Waals surface area contributed by atoms with Crippen molar-refractivity contribution >= 4 is 11.8 Å². The highest BCUT2D eigenvalue weighted by Crippen LogP contribution is 2.14. The predicted molar refractivity (Wildman–Crippen MR) is 62.5 cm³/mol. The van der Waals surface area contributed by atoms with Gasteiger partial charge in [-0.15, -0.1) is 0 Å². The fourth-order valence-electron chi connectivity index (χ4n) is 1.33. The fourth-order valence-corrected chi connectivity index (χ4v) is 2.36. The van der Waals surface area contributed by atoms with Crippen LogP contribution in [0.5, 0.6) is 0 Å². The molecule has 0 aromatic carbocycles. The molecule has 1 aromatic rings. The molecule has 0 aliphatic carbocycles. The highest BCUT2D eigenvalue weighted by Gasteiger charge is 2.02. The maximum Gasteiger partial charge on any atom is 0.0492 e. The molecule has 1 unspecified atom stereocenters. The molecule has 0 amide bonds. The molecule has 0 saturated heterocycles. The molecule has 0 fully saturated rings. The Bertz CT molecular complexity index is 260. The molecule has 0 saturated carbocycles. The summed E-state index contributed by atoms with van der Waals surface area (Å²) in [5.74, 6) is 1.15. The highest BCUT2D eigenvalue weighted by atomic mass is 32.2. The summed E-state index contributed by atoms with van der Waals surface area (Å²) in [7, 11) is 1.99. The van der Waals surface area contributed by atoms with Crippen LogP contribution >= 0.6 is 11.8 Å². The highest BCUT2D eigenvalue weighted by molar-refractivity contribution is 7.99. The van der Waals surface area contributed by atoms with Crippen molar-refractivity contribution in [1.29, 1.82) is 0 Å². The van der Waals surface area contributed by atoms with Crippen LogP contribution in [0.2, 0.25) is 0 Å². The molecule has 0 aliphatic rings. The normalized spacial score (nSPS) is 13.1. The molecule has 1 aromatic heterocycles. The van der Waals surface area contributed by atoms with E-state index in [0.29, 0.717) is 5.25 Å². The van der Waals surface area contributed by atoms with Crippen LogP contribution < -0.4 is 5.73 Å². The number of thioether (sulfide) groups is 1. The maximum absolute atomic E-state index is 5.49. The minimum absolute atomic E-state index is 0.674. The van der Waals surface area contributed by atoms with Gasteiger partial charge in [0.05, 0.1) is 0 Å². The topological polar surface area (TPSA) is 43.8 Å². The van der Waals surface area contributed by atoms with Crippen LogP contribution in [-0.2, 0) is 13.5 Å². The van der Waals surface area contributed by atoms with Crippen molar-refractivity contribution in [3.63, 3.8) is 0 Å². The minimum atomic E-state index is 0.674. The van der Waals surface area contributed by atoms with E-state index >= 15 is 0 Å². The third-order valence-corrected chi connectivity index (χ3v) is 3.50. The van der Waals surface area contributed by atoms with Gasteiger partial charge in [0.15, 0.2) is 0 Å². The first-order valence-corrected chi connectivity index (χ1v) is 6.07. The zero-order valence-electron chi connectivity index (χ0n) is 8.94. The third-order valence-electron chi connectivity index (χ3n) is 2.26. The number of rotatable bonds is 6. The average Bonchev–Trinajstić information content (AvgIpc) is 2.52. The lowest BCUT2D eigenvalue weighted by molar-refractivity contribution is 0.719. The van der Waals surface area contributed by atoms with E-state index in [0.717, 1.165) is 25.1 Å². The molecular weight excluding hydrogens is 194 g/mol. The first kappa shape index (κ1) is 11.6. The zero-order valence-corrected chi connectivity index (χ0v) is 9.76. The number of hydrogen-bond donors (Lipinski definition) is 1. The smallest absolute Gasteiger partial charge is 0.0492 e. The number of hydrogen-bond acceptors (Lipinski definition) is 3. The predicted octanol–water partition coefficient (Wildman–Crippen LogP) is 1.43. The van der Waals surface area contributed by atoms with Crippen LogP contribution in [0.4, 0.5) is 0 Å². The summed E-state index contributed by atoms with van der Waals surface area (Å²) in [6.07, 6.45) is 4.05. The largest absolute Gasteiger partial charge is 0.330 e. The number of nitrogens with two attached hydrogens (primary N) is 1. The Morgan fingerprint density at radius 1 is 1.64 bits per heavy atom. The summed E-state index contributed by atoms with van der Waals surface area (Å²) in [4.78, 5) is 0. The monoisotopic (exact) mass is 213 g/mol. The SMILES string of the molecule is CC(CCN)SCCc1ccnn1C. The van der Waals surface area contributed by atoms with Gasteiger partial charge >= 0.3 is 0 Å². The van der Waals surface area contributed by atoms with E-state index in [1.807, 2.05) is 29.7 Å². The summed E-state index contributed by atoms with van der Waals surface area (Å²) in [5.41, 5.74) is 6.80. The van der Waals surface area contributed by atoms with Crippen LogP contribution in [-0.4, -0.2) is 27.3 Å². The van der Waals surface area contributed by atoms with Crippen LogP contribution in [0.1, 0.15) is 19.0 Å². The first-order chi connectivity index (χ1) is 6.74. The van der Waals surface area contributed by atoms with Gasteiger partial charge in [0.25, 0.3) is 0 Å². The summed E-state index contributed by atoms with van der Waals surface area (Å²) in [6, 6.07) is 2.08. The van der Waals surface area contributed by atoms with E-state index in [4.69, 9.17) is 5.73 Å². The molecule has 1 atom stereocenters. The van der Waals surface area contributed by atoms with Gasteiger partial charge in [-0.1, -0.05) is 6.92 Å². The molecule has 4 heteroatoms. The van der Waals surface area contributed by atoms with E-state index in [-0.39, 0.29) is 0 Å². The Hall–Kier alpha value is -0.480. The molecule has 1 heterocycles. The van der Waals surface area contributed by atoms with E-state index in [2.05, 4.69) is 18.1 Å². The second kappa shape index (κ2) is 6.09. The van der Waals surface area contributed by atoms with E-state index < -0.39 is 0 Å². The summed E-state index contributed by atoms with van der Waals surface area (Å²) in [6.45, 7) is 3.03. The average molecular weight is 213 g/mol. The van der Waals surface area contributed by atoms with Crippen molar-refractivity contribution in [3.05, 3.63) is 18.0 Å². The first-order valence-electron chi connectivity index (χ1n) is 5.02. The lowest BCUT2D eigenvalue weighted by Gasteiger charge is -2.09. The summed E-state index contributed by atoms with van der Waals surface area (Å²) >= 11 is 1.99. The summed E-state index contributed by atoms with van der Waals surface area (Å²) < 4.78 is 1.94. The van der Waals surface area contributed by atoms with Crippen molar-refractivity contribution in [2.45, 2.75) is 25.0 Å². The zero-order chi connectivity index (χ0) is 10.4. The van der Waals surface area contributed by atoms with Crippen LogP contribution in [0.15, 0.2) is 12.3 Å². The van der Waals surface area contributed by atoms with Crippen molar-refractivity contribution in [1.82, 2.24) is 9.78 Å². The van der Waals surface area contributed by atoms with Gasteiger partial charge in [0.2, 0.25) is 0 Å². The van der Waals surface area contributed by atoms with Gasteiger partial charge in [-0.25, -0.2) is 0 Å². The second-order valence-electron chi connectivity index (χ2n) is 3.45. The van der Waals surface area contributed by atoms with Gasteiger partial charge in [-0.2, -0.15) is 16.9 Å². The summed E-state index contributed by atoms with van der Waals surface area (Å²) in [5, 5.41) is 4.81. The van der Waals surface area contributed by atoms with Gasteiger partial charge in [0, 0.05) is 24.2 Å². The quantitative estimate of drug-likeness (QED) is 0.777. The number of nitrogens with zero attached hydrogens (tertiary/aromatic N) is 2. The van der Waals surface area contributed by atoms with Crippen molar-refractivity contribution in [2.24, 2.45) is 12.8 Å². The molecule has 14 heavy (non-hydrogen) atoms. The van der Waals surface area contributed by atoms with Crippen molar-refractivity contribution < 1.29 is 0 Å². The van der Waals surface area contributed by atoms with Crippen molar-refractivity contribution in [3.8, 4) is 0 Å². The van der Waals surface area contributed by atoms with E-state index in [1.165, 1.54) is 5.69 Å². The number of aromatic nitrogens is 2. The van der Waals surface area contributed by atoms with Gasteiger partial charge < -0.3 is 5.73 Å². The molecule has 0 aliphatic heterocycles. The standard InChI is InChI=1S/C10H19N3S/c1-9(3-6-11)14-8-5-10-4-7-12-13(10)2/h4,7,9H,3,5-6,8,11H2,1-2H3. The molecule has 2 N–H and O–H groups in total. The lowest BCUT2D eigenvalue weighted by atomic mass is 10.3. The maximum atomic E-state index is 5.49. The minimum Gasteiger partial charge on any atom is -0.330 e. The van der Waals surface area contributed by atoms with Gasteiger partial charge in [-0.3, -0.25) is 4.68 Å². The lowest BCUT2D eigenvalue weighted by Crippen LogP contribution is -2.08. The van der Waals surface area contributed by atoms with Gasteiger partial charge in [-0.05, 0) is 31.2 Å². The Morgan fingerprint density at radius 3 is 3.00 bits per heavy atom. The number of aryl methyl sites for hydroxylation is 2. The molecule has 0 bridgehead atoms. The third kappa shape index (κ3) is 3.72. The van der Waals surface area contributed by atoms with E-state index in [1.54, 1.807) is 0 Å². The molecule has 3 nitrogen and oxygen atoms in total. The molecule has 1 rings (SSSR count). The van der Waals surface area contributed by atoms with E-state index in [9.17, 15) is 0 Å². The Balaban J connectivity index is 2.19. The van der Waals surface area contributed by atoms with Crippen LogP contribution in [0.3, 0.4) is 0 Å². The molecule has 0 spiro atoms.